The van der Waals surface area contributed by atoms with E-state index in [9.17, 15) is 4.79 Å². The first-order chi connectivity index (χ1) is 8.66. The molecule has 1 aromatic carbocycles. The molecule has 0 aliphatic heterocycles. The van der Waals surface area contributed by atoms with E-state index in [1.807, 2.05) is 25.1 Å². The molecule has 1 saturated carbocycles. The van der Waals surface area contributed by atoms with Gasteiger partial charge in [-0.15, -0.1) is 0 Å². The molecule has 0 bridgehead atoms. The number of carboxylic acid groups (broad SMARTS) is 1. The van der Waals surface area contributed by atoms with Crippen molar-refractivity contribution in [1.29, 1.82) is 0 Å². The molecule has 0 aromatic heterocycles. The second kappa shape index (κ2) is 5.89. The largest absolute Gasteiger partial charge is 0.490 e. The highest BCUT2D eigenvalue weighted by molar-refractivity contribution is 5.67. The van der Waals surface area contributed by atoms with Crippen LogP contribution in [0.2, 0.25) is 0 Å². The monoisotopic (exact) mass is 248 g/mol. The zero-order valence-electron chi connectivity index (χ0n) is 10.8. The van der Waals surface area contributed by atoms with Crippen LogP contribution in [0, 0.1) is 6.92 Å². The van der Waals surface area contributed by atoms with E-state index in [0.29, 0.717) is 12.5 Å². The van der Waals surface area contributed by atoms with Crippen molar-refractivity contribution in [2.75, 3.05) is 0 Å². The van der Waals surface area contributed by atoms with Crippen molar-refractivity contribution >= 4 is 5.97 Å². The maximum atomic E-state index is 10.7. The summed E-state index contributed by atoms with van der Waals surface area (Å²) in [4.78, 5) is 10.7. The van der Waals surface area contributed by atoms with E-state index in [1.54, 1.807) is 0 Å². The molecule has 3 nitrogen and oxygen atoms in total. The maximum Gasteiger partial charge on any atom is 0.303 e. The lowest BCUT2D eigenvalue weighted by Crippen LogP contribution is -2.13. The van der Waals surface area contributed by atoms with Gasteiger partial charge in [0.2, 0.25) is 0 Å². The summed E-state index contributed by atoms with van der Waals surface area (Å²) in [6, 6.07) is 5.96. The maximum absolute atomic E-state index is 10.7. The highest BCUT2D eigenvalue weighted by Gasteiger charge is 2.19. The van der Waals surface area contributed by atoms with Crippen molar-refractivity contribution in [2.24, 2.45) is 0 Å². The highest BCUT2D eigenvalue weighted by atomic mass is 16.5. The van der Waals surface area contributed by atoms with Crippen LogP contribution in [0.5, 0.6) is 5.75 Å². The average Bonchev–Trinajstić information content (AvgIpc) is 2.82. The molecule has 18 heavy (non-hydrogen) atoms. The first-order valence-corrected chi connectivity index (χ1v) is 6.64. The van der Waals surface area contributed by atoms with Gasteiger partial charge in [-0.1, -0.05) is 18.2 Å². The molecule has 1 aromatic rings. The molecule has 0 radical (unpaired) electrons. The number of hydrogen-bond acceptors (Lipinski definition) is 2. The number of rotatable bonds is 5. The van der Waals surface area contributed by atoms with Gasteiger partial charge in [0.15, 0.2) is 0 Å². The Morgan fingerprint density at radius 2 is 2.11 bits per heavy atom. The predicted molar refractivity (Wildman–Crippen MR) is 70.0 cm³/mol. The fourth-order valence-electron chi connectivity index (χ4n) is 2.49. The van der Waals surface area contributed by atoms with Crippen LogP contribution in [-0.4, -0.2) is 17.2 Å². The zero-order chi connectivity index (χ0) is 13.0. The molecule has 3 heteroatoms. The molecule has 1 aliphatic rings. The lowest BCUT2D eigenvalue weighted by Gasteiger charge is -2.18. The fraction of sp³-hybridized carbons (Fsp3) is 0.533. The van der Waals surface area contributed by atoms with Crippen molar-refractivity contribution in [3.63, 3.8) is 0 Å². The van der Waals surface area contributed by atoms with Crippen LogP contribution in [-0.2, 0) is 11.2 Å². The summed E-state index contributed by atoms with van der Waals surface area (Å²) in [6.07, 6.45) is 5.72. The number of carbonyl (C=O) groups is 1. The van der Waals surface area contributed by atoms with Crippen molar-refractivity contribution in [3.8, 4) is 5.75 Å². The van der Waals surface area contributed by atoms with Gasteiger partial charge in [-0.25, -0.2) is 0 Å². The highest BCUT2D eigenvalue weighted by Crippen LogP contribution is 2.30. The van der Waals surface area contributed by atoms with E-state index in [-0.39, 0.29) is 6.42 Å². The van der Waals surface area contributed by atoms with E-state index in [1.165, 1.54) is 12.8 Å². The molecular formula is C15H20O3. The van der Waals surface area contributed by atoms with E-state index < -0.39 is 5.97 Å². The predicted octanol–water partition coefficient (Wildman–Crippen LogP) is 3.33. The Labute approximate surface area is 108 Å². The molecular weight excluding hydrogens is 228 g/mol. The minimum atomic E-state index is -0.761. The second-order valence-electron chi connectivity index (χ2n) is 4.98. The molecule has 0 atom stereocenters. The van der Waals surface area contributed by atoms with Crippen LogP contribution >= 0.6 is 0 Å². The Hall–Kier alpha value is -1.51. The number of aliphatic carboxylic acids is 1. The lowest BCUT2D eigenvalue weighted by molar-refractivity contribution is -0.136. The van der Waals surface area contributed by atoms with E-state index in [0.717, 1.165) is 29.7 Å². The lowest BCUT2D eigenvalue weighted by atomic mass is 10.0. The summed E-state index contributed by atoms with van der Waals surface area (Å²) in [5.74, 6) is 0.147. The molecule has 1 fully saturated rings. The quantitative estimate of drug-likeness (QED) is 0.869. The summed E-state index contributed by atoms with van der Waals surface area (Å²) < 4.78 is 6.08. The summed E-state index contributed by atoms with van der Waals surface area (Å²) >= 11 is 0. The smallest absolute Gasteiger partial charge is 0.303 e. The van der Waals surface area contributed by atoms with Gasteiger partial charge in [-0.05, 0) is 50.2 Å². The molecule has 1 N–H and O–H groups in total. The minimum Gasteiger partial charge on any atom is -0.490 e. The van der Waals surface area contributed by atoms with Crippen molar-refractivity contribution in [1.82, 2.24) is 0 Å². The summed E-state index contributed by atoms with van der Waals surface area (Å²) in [7, 11) is 0. The van der Waals surface area contributed by atoms with Crippen molar-refractivity contribution in [3.05, 3.63) is 29.3 Å². The van der Waals surface area contributed by atoms with Gasteiger partial charge in [-0.3, -0.25) is 4.79 Å². The van der Waals surface area contributed by atoms with E-state index in [2.05, 4.69) is 0 Å². The second-order valence-corrected chi connectivity index (χ2v) is 4.98. The number of carboxylic acids is 1. The van der Waals surface area contributed by atoms with Crippen LogP contribution in [0.15, 0.2) is 18.2 Å². The topological polar surface area (TPSA) is 46.5 Å². The Bertz CT molecular complexity index is 420. The van der Waals surface area contributed by atoms with Crippen LogP contribution in [0.25, 0.3) is 0 Å². The van der Waals surface area contributed by atoms with Gasteiger partial charge in [0.05, 0.1) is 6.10 Å². The van der Waals surface area contributed by atoms with Gasteiger partial charge in [0.25, 0.3) is 0 Å². The van der Waals surface area contributed by atoms with Crippen LogP contribution in [0.3, 0.4) is 0 Å². The molecule has 98 valence electrons. The first kappa shape index (κ1) is 12.9. The fourth-order valence-corrected chi connectivity index (χ4v) is 2.49. The molecule has 1 aliphatic carbocycles. The van der Waals surface area contributed by atoms with Crippen molar-refractivity contribution < 1.29 is 14.6 Å². The third-order valence-corrected chi connectivity index (χ3v) is 3.49. The molecule has 0 amide bonds. The molecule has 0 unspecified atom stereocenters. The first-order valence-electron chi connectivity index (χ1n) is 6.64. The third-order valence-electron chi connectivity index (χ3n) is 3.49. The Kier molecular flexibility index (Phi) is 4.24. The average molecular weight is 248 g/mol. The number of aryl methyl sites for hydroxylation is 2. The number of hydrogen-bond donors (Lipinski definition) is 1. The standard InChI is InChI=1S/C15H20O3/c1-11-5-4-6-12(9-10-14(16)17)15(11)18-13-7-2-3-8-13/h4-6,13H,2-3,7-10H2,1H3,(H,16,17). The third kappa shape index (κ3) is 3.25. The Balaban J connectivity index is 2.12. The van der Waals surface area contributed by atoms with Gasteiger partial charge < -0.3 is 9.84 Å². The van der Waals surface area contributed by atoms with Gasteiger partial charge in [0.1, 0.15) is 5.75 Å². The summed E-state index contributed by atoms with van der Waals surface area (Å²) in [6.45, 7) is 2.02. The normalized spacial score (nSPS) is 15.8. The summed E-state index contributed by atoms with van der Waals surface area (Å²) in [5.41, 5.74) is 2.12. The molecule has 0 heterocycles. The van der Waals surface area contributed by atoms with Gasteiger partial charge in [-0.2, -0.15) is 0 Å². The van der Waals surface area contributed by atoms with Gasteiger partial charge in [0, 0.05) is 6.42 Å². The molecule has 2 rings (SSSR count). The van der Waals surface area contributed by atoms with Gasteiger partial charge >= 0.3 is 5.97 Å². The van der Waals surface area contributed by atoms with Crippen LogP contribution in [0.1, 0.15) is 43.2 Å². The number of ether oxygens (including phenoxy) is 1. The Morgan fingerprint density at radius 1 is 1.39 bits per heavy atom. The molecule has 0 spiro atoms. The zero-order valence-corrected chi connectivity index (χ0v) is 10.8. The van der Waals surface area contributed by atoms with E-state index in [4.69, 9.17) is 9.84 Å². The molecule has 0 saturated heterocycles. The number of para-hydroxylation sites is 1. The minimum absolute atomic E-state index is 0.157. The van der Waals surface area contributed by atoms with Crippen LogP contribution in [0.4, 0.5) is 0 Å². The SMILES string of the molecule is Cc1cccc(CCC(=O)O)c1OC1CCCC1. The Morgan fingerprint density at radius 3 is 2.78 bits per heavy atom. The van der Waals surface area contributed by atoms with Crippen LogP contribution < -0.4 is 4.74 Å². The van der Waals surface area contributed by atoms with Crippen molar-refractivity contribution in [2.45, 2.75) is 51.6 Å². The summed E-state index contributed by atoms with van der Waals surface area (Å²) in [5, 5.41) is 8.78. The van der Waals surface area contributed by atoms with E-state index >= 15 is 0 Å². The number of benzene rings is 1.